The number of pyridine rings is 1. The van der Waals surface area contributed by atoms with Crippen molar-refractivity contribution in [1.29, 1.82) is 0 Å². The molecule has 3 aromatic rings. The van der Waals surface area contributed by atoms with Gasteiger partial charge in [-0.05, 0) is 31.7 Å². The highest BCUT2D eigenvalue weighted by molar-refractivity contribution is 6.31. The summed E-state index contributed by atoms with van der Waals surface area (Å²) in [6.45, 7) is 0. The number of hydrogen-bond acceptors (Lipinski definition) is 5. The molecule has 0 aliphatic heterocycles. The zero-order chi connectivity index (χ0) is 20.5. The van der Waals surface area contributed by atoms with Crippen LogP contribution in [-0.2, 0) is 0 Å². The lowest BCUT2D eigenvalue weighted by Crippen LogP contribution is -2.42. The second-order valence-corrected chi connectivity index (χ2v) is 7.63. The molecule has 2 atom stereocenters. The lowest BCUT2D eigenvalue weighted by atomic mass is 9.90. The largest absolute Gasteiger partial charge is 0.465 e. The first-order chi connectivity index (χ1) is 13.9. The second-order valence-electron chi connectivity index (χ2n) is 7.20. The molecule has 4 rings (SSSR count). The SMILES string of the molecule is CN(C(=O)O)[C@@H]1CCC[C@H](Nc2nc(-c3c[nH]c4ncc(Cl)cc34)ncc2F)C1. The van der Waals surface area contributed by atoms with Gasteiger partial charge in [0.2, 0.25) is 0 Å². The maximum Gasteiger partial charge on any atom is 0.407 e. The molecule has 10 heteroatoms. The summed E-state index contributed by atoms with van der Waals surface area (Å²) in [5.74, 6) is -0.111. The van der Waals surface area contributed by atoms with E-state index in [4.69, 9.17) is 11.6 Å². The molecule has 0 spiro atoms. The molecular formula is C19H20ClFN6O2. The summed E-state index contributed by atoms with van der Waals surface area (Å²) >= 11 is 6.05. The number of anilines is 1. The molecule has 152 valence electrons. The van der Waals surface area contributed by atoms with Gasteiger partial charge in [-0.15, -0.1) is 0 Å². The molecule has 1 saturated carbocycles. The predicted octanol–water partition coefficient (Wildman–Crippen LogP) is 4.15. The molecule has 3 N–H and O–H groups in total. The maximum absolute atomic E-state index is 14.4. The fourth-order valence-corrected chi connectivity index (χ4v) is 3.92. The van der Waals surface area contributed by atoms with Gasteiger partial charge in [-0.2, -0.15) is 0 Å². The van der Waals surface area contributed by atoms with Gasteiger partial charge in [-0.25, -0.2) is 24.1 Å². The third kappa shape index (κ3) is 3.95. The highest BCUT2D eigenvalue weighted by Crippen LogP contribution is 2.29. The number of halogens is 2. The summed E-state index contributed by atoms with van der Waals surface area (Å²) < 4.78 is 14.4. The van der Waals surface area contributed by atoms with Gasteiger partial charge in [0.05, 0.1) is 11.2 Å². The molecule has 0 aromatic carbocycles. The monoisotopic (exact) mass is 418 g/mol. The van der Waals surface area contributed by atoms with E-state index in [9.17, 15) is 14.3 Å². The molecule has 0 unspecified atom stereocenters. The van der Waals surface area contributed by atoms with E-state index >= 15 is 0 Å². The van der Waals surface area contributed by atoms with Crippen molar-refractivity contribution in [1.82, 2.24) is 24.8 Å². The number of aromatic nitrogens is 4. The van der Waals surface area contributed by atoms with E-state index in [2.05, 4.69) is 25.3 Å². The quantitative estimate of drug-likeness (QED) is 0.587. The van der Waals surface area contributed by atoms with E-state index in [1.165, 1.54) is 11.1 Å². The van der Waals surface area contributed by atoms with Crippen molar-refractivity contribution in [3.8, 4) is 11.4 Å². The van der Waals surface area contributed by atoms with E-state index in [0.717, 1.165) is 30.8 Å². The molecule has 1 aliphatic carbocycles. The lowest BCUT2D eigenvalue weighted by molar-refractivity contribution is 0.124. The van der Waals surface area contributed by atoms with Crippen LogP contribution in [0.4, 0.5) is 15.0 Å². The van der Waals surface area contributed by atoms with Crippen LogP contribution in [0.2, 0.25) is 5.02 Å². The van der Waals surface area contributed by atoms with Crippen LogP contribution in [0.1, 0.15) is 25.7 Å². The van der Waals surface area contributed by atoms with E-state index in [0.29, 0.717) is 28.5 Å². The Morgan fingerprint density at radius 2 is 2.21 bits per heavy atom. The zero-order valence-electron chi connectivity index (χ0n) is 15.7. The van der Waals surface area contributed by atoms with Crippen LogP contribution in [0.25, 0.3) is 22.4 Å². The molecular weight excluding hydrogens is 399 g/mol. The molecule has 8 nitrogen and oxygen atoms in total. The van der Waals surface area contributed by atoms with E-state index in [1.807, 2.05) is 0 Å². The van der Waals surface area contributed by atoms with Crippen molar-refractivity contribution in [2.24, 2.45) is 0 Å². The molecule has 3 heterocycles. The van der Waals surface area contributed by atoms with Gasteiger partial charge >= 0.3 is 6.09 Å². The number of carboxylic acid groups (broad SMARTS) is 1. The van der Waals surface area contributed by atoms with Gasteiger partial charge in [-0.3, -0.25) is 0 Å². The van der Waals surface area contributed by atoms with Crippen LogP contribution in [0, 0.1) is 5.82 Å². The number of fused-ring (bicyclic) bond motifs is 1. The number of aromatic amines is 1. The van der Waals surface area contributed by atoms with Crippen molar-refractivity contribution >= 4 is 34.5 Å². The minimum absolute atomic E-state index is 0.0770. The van der Waals surface area contributed by atoms with Crippen LogP contribution in [0.3, 0.4) is 0 Å². The first-order valence-corrected chi connectivity index (χ1v) is 9.68. The minimum atomic E-state index is -0.960. The van der Waals surface area contributed by atoms with E-state index < -0.39 is 11.9 Å². The zero-order valence-corrected chi connectivity index (χ0v) is 16.4. The van der Waals surface area contributed by atoms with Gasteiger partial charge in [0.25, 0.3) is 0 Å². The number of nitrogens with zero attached hydrogens (tertiary/aromatic N) is 4. The Hall–Kier alpha value is -2.94. The molecule has 29 heavy (non-hydrogen) atoms. The van der Waals surface area contributed by atoms with Crippen molar-refractivity contribution < 1.29 is 14.3 Å². The highest BCUT2D eigenvalue weighted by atomic mass is 35.5. The number of carbonyl (C=O) groups is 1. The van der Waals surface area contributed by atoms with Crippen molar-refractivity contribution in [2.45, 2.75) is 37.8 Å². The standard InChI is InChI=1S/C19H20ClFN6O2/c1-27(19(28)29)12-4-2-3-11(6-12)25-18-15(21)9-24-17(26-18)14-8-23-16-13(14)5-10(20)7-22-16/h5,7-9,11-12H,2-4,6H2,1H3,(H,22,23)(H,28,29)(H,24,25,26)/t11-,12+/m0/s1. The molecule has 0 saturated heterocycles. The van der Waals surface area contributed by atoms with Crippen molar-refractivity contribution in [3.63, 3.8) is 0 Å². The van der Waals surface area contributed by atoms with Crippen molar-refractivity contribution in [3.05, 3.63) is 35.5 Å². The molecule has 0 bridgehead atoms. The smallest absolute Gasteiger partial charge is 0.407 e. The maximum atomic E-state index is 14.4. The van der Waals surface area contributed by atoms with Gasteiger partial charge in [0, 0.05) is 42.5 Å². The summed E-state index contributed by atoms with van der Waals surface area (Å²) in [6, 6.07) is 1.57. The summed E-state index contributed by atoms with van der Waals surface area (Å²) in [4.78, 5) is 28.3. The topological polar surface area (TPSA) is 107 Å². The Kier molecular flexibility index (Phi) is 5.23. The van der Waals surface area contributed by atoms with Crippen LogP contribution in [0.5, 0.6) is 0 Å². The Bertz CT molecular complexity index is 1060. The first-order valence-electron chi connectivity index (χ1n) is 9.30. The number of nitrogens with one attached hydrogen (secondary N) is 2. The molecule has 3 aromatic heterocycles. The van der Waals surface area contributed by atoms with Crippen LogP contribution < -0.4 is 5.32 Å². The van der Waals surface area contributed by atoms with Gasteiger partial charge < -0.3 is 20.3 Å². The average molecular weight is 419 g/mol. The third-order valence-electron chi connectivity index (χ3n) is 5.32. The number of hydrogen-bond donors (Lipinski definition) is 3. The summed E-state index contributed by atoms with van der Waals surface area (Å²) in [6.07, 6.45) is 6.47. The van der Waals surface area contributed by atoms with E-state index in [1.54, 1.807) is 19.3 Å². The van der Waals surface area contributed by atoms with Crippen LogP contribution in [-0.4, -0.2) is 55.2 Å². The fourth-order valence-electron chi connectivity index (χ4n) is 3.76. The summed E-state index contributed by atoms with van der Waals surface area (Å²) in [5, 5.41) is 13.6. The fraction of sp³-hybridized carbons (Fsp3) is 0.368. The molecule has 1 aliphatic rings. The summed E-state index contributed by atoms with van der Waals surface area (Å²) in [7, 11) is 1.56. The summed E-state index contributed by atoms with van der Waals surface area (Å²) in [5.41, 5.74) is 1.31. The first kappa shape index (κ1) is 19.4. The van der Waals surface area contributed by atoms with Crippen molar-refractivity contribution in [2.75, 3.05) is 12.4 Å². The Labute approximate surface area is 171 Å². The Morgan fingerprint density at radius 1 is 1.38 bits per heavy atom. The third-order valence-corrected chi connectivity index (χ3v) is 5.53. The Balaban J connectivity index is 1.59. The molecule has 1 fully saturated rings. The number of rotatable bonds is 4. The number of H-pyrrole nitrogens is 1. The molecule has 0 radical (unpaired) electrons. The minimum Gasteiger partial charge on any atom is -0.465 e. The second kappa shape index (κ2) is 7.82. The van der Waals surface area contributed by atoms with Gasteiger partial charge in [-0.1, -0.05) is 11.6 Å². The lowest BCUT2D eigenvalue weighted by Gasteiger charge is -2.34. The van der Waals surface area contributed by atoms with E-state index in [-0.39, 0.29) is 17.9 Å². The Morgan fingerprint density at radius 3 is 3.00 bits per heavy atom. The highest BCUT2D eigenvalue weighted by Gasteiger charge is 2.28. The molecule has 1 amide bonds. The van der Waals surface area contributed by atoms with Crippen LogP contribution in [0.15, 0.2) is 24.7 Å². The van der Waals surface area contributed by atoms with Gasteiger partial charge in [0.1, 0.15) is 5.65 Å². The normalized spacial score (nSPS) is 19.3. The predicted molar refractivity (Wildman–Crippen MR) is 108 cm³/mol. The number of amides is 1. The average Bonchev–Trinajstić information content (AvgIpc) is 3.12. The van der Waals surface area contributed by atoms with Gasteiger partial charge in [0.15, 0.2) is 17.5 Å². The van der Waals surface area contributed by atoms with Crippen LogP contribution >= 0.6 is 11.6 Å².